The topological polar surface area (TPSA) is 16.1 Å². The van der Waals surface area contributed by atoms with Crippen molar-refractivity contribution in [2.75, 3.05) is 19.0 Å². The van der Waals surface area contributed by atoms with Gasteiger partial charge in [-0.1, -0.05) is 15.9 Å². The van der Waals surface area contributed by atoms with Gasteiger partial charge in [-0.2, -0.15) is 0 Å². The summed E-state index contributed by atoms with van der Waals surface area (Å²) in [6, 6.07) is 4.07. The van der Waals surface area contributed by atoms with E-state index in [1.54, 1.807) is 0 Å². The van der Waals surface area contributed by atoms with Crippen molar-refractivity contribution in [3.63, 3.8) is 0 Å². The third-order valence-corrected chi connectivity index (χ3v) is 2.07. The maximum Gasteiger partial charge on any atom is 0.128 e. The van der Waals surface area contributed by atoms with E-state index in [1.807, 2.05) is 31.3 Å². The number of anilines is 1. The van der Waals surface area contributed by atoms with E-state index in [0.717, 1.165) is 11.1 Å². The Morgan fingerprint density at radius 1 is 1.55 bits per heavy atom. The van der Waals surface area contributed by atoms with Crippen LogP contribution in [-0.4, -0.2) is 19.1 Å². The van der Waals surface area contributed by atoms with Crippen LogP contribution >= 0.6 is 15.9 Å². The quantitative estimate of drug-likeness (QED) is 0.702. The normalized spacial score (nSPS) is 9.73. The number of nitrogens with zero attached hydrogens (tertiary/aromatic N) is 2. The second kappa shape index (κ2) is 3.72. The molecule has 0 saturated heterocycles. The summed E-state index contributed by atoms with van der Waals surface area (Å²) in [7, 11) is 3.97. The van der Waals surface area contributed by atoms with E-state index in [0.29, 0.717) is 0 Å². The van der Waals surface area contributed by atoms with E-state index in [2.05, 4.69) is 27.0 Å². The summed E-state index contributed by atoms with van der Waals surface area (Å²) in [5, 5.41) is 0.885. The minimum absolute atomic E-state index is 0.885. The maximum atomic E-state index is 4.19. The minimum Gasteiger partial charge on any atom is -0.363 e. The van der Waals surface area contributed by atoms with Crippen LogP contribution in [0.3, 0.4) is 0 Å². The standard InChI is InChI=1S/C8H11BrN2/c1-11(2)8-5-7(6-9)3-4-10-8/h3-5H,6H2,1-2H3. The maximum absolute atomic E-state index is 4.19. The van der Waals surface area contributed by atoms with Crippen molar-refractivity contribution in [3.8, 4) is 0 Å². The van der Waals surface area contributed by atoms with Gasteiger partial charge in [-0.3, -0.25) is 0 Å². The molecule has 1 aromatic rings. The Labute approximate surface area is 75.4 Å². The van der Waals surface area contributed by atoms with Gasteiger partial charge in [-0.15, -0.1) is 0 Å². The van der Waals surface area contributed by atoms with Crippen LogP contribution in [0.5, 0.6) is 0 Å². The summed E-state index contributed by atoms with van der Waals surface area (Å²) in [5.74, 6) is 1.00. The molecule has 3 heteroatoms. The fraction of sp³-hybridized carbons (Fsp3) is 0.375. The van der Waals surface area contributed by atoms with Crippen LogP contribution < -0.4 is 4.90 Å². The van der Waals surface area contributed by atoms with Gasteiger partial charge in [0, 0.05) is 25.6 Å². The van der Waals surface area contributed by atoms with Crippen LogP contribution in [0.15, 0.2) is 18.3 Å². The van der Waals surface area contributed by atoms with Crippen LogP contribution in [0.1, 0.15) is 5.56 Å². The van der Waals surface area contributed by atoms with Gasteiger partial charge in [0.2, 0.25) is 0 Å². The fourth-order valence-electron chi connectivity index (χ4n) is 0.788. The highest BCUT2D eigenvalue weighted by Crippen LogP contribution is 2.11. The van der Waals surface area contributed by atoms with Gasteiger partial charge < -0.3 is 4.90 Å². The van der Waals surface area contributed by atoms with Gasteiger partial charge >= 0.3 is 0 Å². The first-order valence-electron chi connectivity index (χ1n) is 3.42. The van der Waals surface area contributed by atoms with Crippen LogP contribution in [0, 0.1) is 0 Å². The summed E-state index contributed by atoms with van der Waals surface area (Å²) in [4.78, 5) is 6.18. The van der Waals surface area contributed by atoms with Crippen LogP contribution in [-0.2, 0) is 5.33 Å². The average Bonchev–Trinajstić information content (AvgIpc) is 2.05. The highest BCUT2D eigenvalue weighted by molar-refractivity contribution is 9.08. The van der Waals surface area contributed by atoms with Gasteiger partial charge in [0.15, 0.2) is 0 Å². The predicted molar refractivity (Wildman–Crippen MR) is 51.2 cm³/mol. The largest absolute Gasteiger partial charge is 0.363 e. The molecule has 2 nitrogen and oxygen atoms in total. The van der Waals surface area contributed by atoms with Crippen LogP contribution in [0.2, 0.25) is 0 Å². The molecule has 1 aromatic heterocycles. The molecule has 0 fully saturated rings. The molecule has 0 spiro atoms. The molecule has 0 saturated carbocycles. The zero-order valence-electron chi connectivity index (χ0n) is 6.71. The molecule has 0 atom stereocenters. The molecule has 1 rings (SSSR count). The lowest BCUT2D eigenvalue weighted by atomic mass is 10.3. The Balaban J connectivity index is 2.91. The lowest BCUT2D eigenvalue weighted by Gasteiger charge is -2.10. The summed E-state index contributed by atoms with van der Waals surface area (Å²) in [5.41, 5.74) is 1.25. The van der Waals surface area contributed by atoms with Gasteiger partial charge in [0.25, 0.3) is 0 Å². The summed E-state index contributed by atoms with van der Waals surface area (Å²) in [6.45, 7) is 0. The Morgan fingerprint density at radius 2 is 2.27 bits per heavy atom. The molecule has 0 aliphatic rings. The molecule has 0 aliphatic heterocycles. The Bertz CT molecular complexity index is 235. The van der Waals surface area contributed by atoms with Crippen molar-refractivity contribution < 1.29 is 0 Å². The van der Waals surface area contributed by atoms with Gasteiger partial charge in [-0.25, -0.2) is 4.98 Å². The number of halogens is 1. The van der Waals surface area contributed by atoms with Gasteiger partial charge in [0.05, 0.1) is 0 Å². The average molecular weight is 215 g/mol. The predicted octanol–water partition coefficient (Wildman–Crippen LogP) is 2.04. The van der Waals surface area contributed by atoms with Gasteiger partial charge in [0.1, 0.15) is 5.82 Å². The number of alkyl halides is 1. The van der Waals surface area contributed by atoms with E-state index in [1.165, 1.54) is 5.56 Å². The van der Waals surface area contributed by atoms with E-state index in [-0.39, 0.29) is 0 Å². The molecule has 0 unspecified atom stereocenters. The van der Waals surface area contributed by atoms with Gasteiger partial charge in [-0.05, 0) is 17.7 Å². The SMILES string of the molecule is CN(C)c1cc(CBr)ccn1. The number of hydrogen-bond donors (Lipinski definition) is 0. The molecule has 0 amide bonds. The lowest BCUT2D eigenvalue weighted by molar-refractivity contribution is 1.06. The van der Waals surface area contributed by atoms with Crippen molar-refractivity contribution in [2.45, 2.75) is 5.33 Å². The molecule has 0 radical (unpaired) electrons. The van der Waals surface area contributed by atoms with E-state index < -0.39 is 0 Å². The van der Waals surface area contributed by atoms with Crippen molar-refractivity contribution in [3.05, 3.63) is 23.9 Å². The second-order valence-corrected chi connectivity index (χ2v) is 3.11. The zero-order chi connectivity index (χ0) is 8.27. The number of rotatable bonds is 2. The fourth-order valence-corrected chi connectivity index (χ4v) is 1.14. The molecule has 60 valence electrons. The second-order valence-electron chi connectivity index (χ2n) is 2.55. The van der Waals surface area contributed by atoms with Crippen molar-refractivity contribution in [1.29, 1.82) is 0 Å². The van der Waals surface area contributed by atoms with Crippen molar-refractivity contribution in [2.24, 2.45) is 0 Å². The van der Waals surface area contributed by atoms with Crippen LogP contribution in [0.25, 0.3) is 0 Å². The smallest absolute Gasteiger partial charge is 0.128 e. The Kier molecular flexibility index (Phi) is 2.88. The third kappa shape index (κ3) is 2.19. The monoisotopic (exact) mass is 214 g/mol. The Morgan fingerprint density at radius 3 is 2.82 bits per heavy atom. The number of hydrogen-bond acceptors (Lipinski definition) is 2. The molecule has 0 aliphatic carbocycles. The zero-order valence-corrected chi connectivity index (χ0v) is 8.30. The van der Waals surface area contributed by atoms with E-state index in [4.69, 9.17) is 0 Å². The minimum atomic E-state index is 0.885. The molecule has 11 heavy (non-hydrogen) atoms. The molecule has 1 heterocycles. The molecule has 0 bridgehead atoms. The summed E-state index contributed by atoms with van der Waals surface area (Å²) in [6.07, 6.45) is 1.83. The molecule has 0 N–H and O–H groups in total. The number of pyridine rings is 1. The number of aromatic nitrogens is 1. The first-order chi connectivity index (χ1) is 5.24. The van der Waals surface area contributed by atoms with Crippen molar-refractivity contribution >= 4 is 21.7 Å². The third-order valence-electron chi connectivity index (χ3n) is 1.42. The Hall–Kier alpha value is -0.570. The lowest BCUT2D eigenvalue weighted by Crippen LogP contribution is -2.10. The van der Waals surface area contributed by atoms with Crippen LogP contribution in [0.4, 0.5) is 5.82 Å². The first-order valence-corrected chi connectivity index (χ1v) is 4.54. The van der Waals surface area contributed by atoms with E-state index in [9.17, 15) is 0 Å². The molecular formula is C8H11BrN2. The summed E-state index contributed by atoms with van der Waals surface area (Å²) >= 11 is 3.39. The molecular weight excluding hydrogens is 204 g/mol. The summed E-state index contributed by atoms with van der Waals surface area (Å²) < 4.78 is 0. The first kappa shape index (κ1) is 8.53. The van der Waals surface area contributed by atoms with Crippen molar-refractivity contribution in [1.82, 2.24) is 4.98 Å². The molecule has 0 aromatic carbocycles. The highest BCUT2D eigenvalue weighted by Gasteiger charge is 1.96. The van der Waals surface area contributed by atoms with E-state index >= 15 is 0 Å². The highest BCUT2D eigenvalue weighted by atomic mass is 79.9.